The van der Waals surface area contributed by atoms with Crippen molar-refractivity contribution in [2.24, 2.45) is 0 Å². The van der Waals surface area contributed by atoms with Gasteiger partial charge in [0, 0.05) is 5.56 Å². The zero-order chi connectivity index (χ0) is 24.3. The lowest BCUT2D eigenvalue weighted by atomic mass is 9.98. The van der Waals surface area contributed by atoms with Gasteiger partial charge in [0.05, 0.1) is 25.7 Å². The van der Waals surface area contributed by atoms with Crippen LogP contribution in [0.3, 0.4) is 0 Å². The van der Waals surface area contributed by atoms with Gasteiger partial charge < -0.3 is 18.9 Å². The smallest absolute Gasteiger partial charge is 0.264 e. The van der Waals surface area contributed by atoms with Gasteiger partial charge in [-0.1, -0.05) is 60.7 Å². The second kappa shape index (κ2) is 10.4. The number of hydrogen-bond acceptors (Lipinski definition) is 10. The lowest BCUT2D eigenvalue weighted by Crippen LogP contribution is -2.64. The molecule has 0 bridgehead atoms. The molecular weight excluding hydrogens is 488 g/mol. The first-order valence-electron chi connectivity index (χ1n) is 10.5. The Hall–Kier alpha value is -1.90. The molecular formula is C22H26O10S2. The van der Waals surface area contributed by atoms with Crippen molar-refractivity contribution in [3.8, 4) is 0 Å². The van der Waals surface area contributed by atoms with Crippen molar-refractivity contribution in [1.29, 1.82) is 0 Å². The third kappa shape index (κ3) is 6.61. The molecule has 0 N–H and O–H groups in total. The molecule has 2 saturated heterocycles. The average molecular weight is 515 g/mol. The van der Waals surface area contributed by atoms with Crippen LogP contribution < -0.4 is 0 Å². The molecule has 0 saturated carbocycles. The molecule has 6 atom stereocenters. The molecule has 2 aromatic rings. The standard InChI is InChI=1S/C22H26O10S2/c1-33(23,24)31-19-18-17(14-28-21(30-18)16-11-7-4-8-12-16)29-22(20(19)32-34(2,25)26)27-13-15-9-5-3-6-10-15/h3-12,17-22H,13-14H2,1-2H3/t17-,18-,19+,20-,21-,22+/m1/s1. The van der Waals surface area contributed by atoms with Crippen LogP contribution in [-0.4, -0.2) is 66.7 Å². The van der Waals surface area contributed by atoms with E-state index >= 15 is 0 Å². The summed E-state index contributed by atoms with van der Waals surface area (Å²) in [6, 6.07) is 18.1. The Bertz CT molecular complexity index is 1150. The molecule has 4 rings (SSSR count). The van der Waals surface area contributed by atoms with Crippen LogP contribution in [-0.2, 0) is 54.2 Å². The van der Waals surface area contributed by atoms with E-state index in [-0.39, 0.29) is 13.2 Å². The van der Waals surface area contributed by atoms with E-state index in [1.165, 1.54) is 0 Å². The molecule has 2 aliphatic heterocycles. The molecule has 2 aromatic carbocycles. The van der Waals surface area contributed by atoms with Gasteiger partial charge in [0.15, 0.2) is 18.7 Å². The predicted molar refractivity (Wildman–Crippen MR) is 119 cm³/mol. The van der Waals surface area contributed by atoms with Crippen molar-refractivity contribution in [1.82, 2.24) is 0 Å². The van der Waals surface area contributed by atoms with Crippen LogP contribution in [0.4, 0.5) is 0 Å². The molecule has 0 aliphatic carbocycles. The van der Waals surface area contributed by atoms with Crippen LogP contribution in [0.1, 0.15) is 17.4 Å². The zero-order valence-corrected chi connectivity index (χ0v) is 20.2. The molecule has 186 valence electrons. The van der Waals surface area contributed by atoms with Crippen LogP contribution >= 0.6 is 0 Å². The van der Waals surface area contributed by atoms with E-state index in [4.69, 9.17) is 27.3 Å². The molecule has 34 heavy (non-hydrogen) atoms. The van der Waals surface area contributed by atoms with E-state index in [0.29, 0.717) is 5.56 Å². The highest BCUT2D eigenvalue weighted by atomic mass is 32.2. The minimum atomic E-state index is -4.05. The fourth-order valence-electron chi connectivity index (χ4n) is 3.83. The van der Waals surface area contributed by atoms with Crippen molar-refractivity contribution in [2.45, 2.75) is 43.6 Å². The zero-order valence-electron chi connectivity index (χ0n) is 18.6. The van der Waals surface area contributed by atoms with Crippen LogP contribution in [0.5, 0.6) is 0 Å². The number of ether oxygens (including phenoxy) is 4. The van der Waals surface area contributed by atoms with Crippen LogP contribution in [0, 0.1) is 0 Å². The van der Waals surface area contributed by atoms with Gasteiger partial charge in [0.25, 0.3) is 20.2 Å². The molecule has 2 aliphatic rings. The van der Waals surface area contributed by atoms with E-state index in [9.17, 15) is 16.8 Å². The second-order valence-electron chi connectivity index (χ2n) is 8.05. The molecule has 0 radical (unpaired) electrons. The monoisotopic (exact) mass is 514 g/mol. The minimum absolute atomic E-state index is 0.0324. The Labute approximate surface area is 198 Å². The summed E-state index contributed by atoms with van der Waals surface area (Å²) in [4.78, 5) is 0. The highest BCUT2D eigenvalue weighted by Gasteiger charge is 2.54. The van der Waals surface area contributed by atoms with Gasteiger partial charge in [0.2, 0.25) is 0 Å². The van der Waals surface area contributed by atoms with E-state index in [1.807, 2.05) is 36.4 Å². The maximum Gasteiger partial charge on any atom is 0.264 e. The average Bonchev–Trinajstić information content (AvgIpc) is 2.79. The van der Waals surface area contributed by atoms with Gasteiger partial charge in [-0.3, -0.25) is 8.37 Å². The molecule has 12 heteroatoms. The largest absolute Gasteiger partial charge is 0.346 e. The first kappa shape index (κ1) is 25.2. The van der Waals surface area contributed by atoms with Gasteiger partial charge in [-0.2, -0.15) is 16.8 Å². The van der Waals surface area contributed by atoms with Crippen LogP contribution in [0.2, 0.25) is 0 Å². The summed E-state index contributed by atoms with van der Waals surface area (Å²) in [7, 11) is -8.10. The summed E-state index contributed by atoms with van der Waals surface area (Å²) >= 11 is 0. The lowest BCUT2D eigenvalue weighted by molar-refractivity contribution is -0.355. The summed E-state index contributed by atoms with van der Waals surface area (Å²) in [5.41, 5.74) is 1.49. The Morgan fingerprint density at radius 2 is 1.41 bits per heavy atom. The minimum Gasteiger partial charge on any atom is -0.346 e. The van der Waals surface area contributed by atoms with E-state index in [2.05, 4.69) is 0 Å². The van der Waals surface area contributed by atoms with Crippen molar-refractivity contribution in [3.05, 3.63) is 71.8 Å². The van der Waals surface area contributed by atoms with E-state index < -0.39 is 57.2 Å². The highest BCUT2D eigenvalue weighted by Crippen LogP contribution is 2.37. The van der Waals surface area contributed by atoms with Gasteiger partial charge >= 0.3 is 0 Å². The lowest BCUT2D eigenvalue weighted by Gasteiger charge is -2.47. The molecule has 2 fully saturated rings. The maximum absolute atomic E-state index is 12.1. The summed E-state index contributed by atoms with van der Waals surface area (Å²) < 4.78 is 82.6. The number of hydrogen-bond donors (Lipinski definition) is 0. The third-order valence-corrected chi connectivity index (χ3v) is 6.33. The molecule has 0 unspecified atom stereocenters. The molecule has 10 nitrogen and oxygen atoms in total. The summed E-state index contributed by atoms with van der Waals surface area (Å²) in [5, 5.41) is 0. The van der Waals surface area contributed by atoms with Crippen molar-refractivity contribution in [2.75, 3.05) is 19.1 Å². The van der Waals surface area contributed by atoms with Crippen molar-refractivity contribution >= 4 is 20.2 Å². The molecule has 0 spiro atoms. The van der Waals surface area contributed by atoms with Crippen molar-refractivity contribution < 1.29 is 44.1 Å². The van der Waals surface area contributed by atoms with Gasteiger partial charge in [-0.15, -0.1) is 0 Å². The van der Waals surface area contributed by atoms with Gasteiger partial charge in [0.1, 0.15) is 18.3 Å². The Morgan fingerprint density at radius 3 is 2.03 bits per heavy atom. The van der Waals surface area contributed by atoms with Gasteiger partial charge in [-0.25, -0.2) is 0 Å². The van der Waals surface area contributed by atoms with Crippen LogP contribution in [0.25, 0.3) is 0 Å². The van der Waals surface area contributed by atoms with Crippen molar-refractivity contribution in [3.63, 3.8) is 0 Å². The topological polar surface area (TPSA) is 124 Å². The molecule has 2 heterocycles. The molecule has 0 aromatic heterocycles. The van der Waals surface area contributed by atoms with E-state index in [1.54, 1.807) is 24.3 Å². The number of rotatable bonds is 8. The first-order chi connectivity index (χ1) is 16.1. The fourth-order valence-corrected chi connectivity index (χ4v) is 5.06. The Balaban J connectivity index is 1.63. The summed E-state index contributed by atoms with van der Waals surface area (Å²) in [5.74, 6) is 0. The predicted octanol–water partition coefficient (Wildman–Crippen LogP) is 1.73. The number of benzene rings is 2. The SMILES string of the molecule is CS(=O)(=O)O[C@@H]1[C@@H](OS(C)(=O)=O)[C@@H](OCc2ccccc2)O[C@@H]2CO[C@@H](c3ccccc3)O[C@@H]12. The summed E-state index contributed by atoms with van der Waals surface area (Å²) in [6.45, 7) is 0.0944. The normalized spacial score (nSPS) is 29.9. The highest BCUT2D eigenvalue weighted by molar-refractivity contribution is 7.86. The van der Waals surface area contributed by atoms with Gasteiger partial charge in [-0.05, 0) is 5.56 Å². The second-order valence-corrected chi connectivity index (χ2v) is 11.2. The quantitative estimate of drug-likeness (QED) is 0.481. The Morgan fingerprint density at radius 1 is 0.824 bits per heavy atom. The third-order valence-electron chi connectivity index (χ3n) is 5.18. The van der Waals surface area contributed by atoms with E-state index in [0.717, 1.165) is 18.1 Å². The van der Waals surface area contributed by atoms with Crippen LogP contribution in [0.15, 0.2) is 60.7 Å². The maximum atomic E-state index is 12.1. The fraction of sp³-hybridized carbons (Fsp3) is 0.455. The first-order valence-corrected chi connectivity index (χ1v) is 14.1. The number of fused-ring (bicyclic) bond motifs is 1. The molecule has 0 amide bonds. The summed E-state index contributed by atoms with van der Waals surface area (Å²) in [6.07, 6.45) is -5.04. The Kier molecular flexibility index (Phi) is 7.69.